The summed E-state index contributed by atoms with van der Waals surface area (Å²) in [5, 5.41) is 8.52. The van der Waals surface area contributed by atoms with Gasteiger partial charge in [-0.15, -0.1) is 0 Å². The van der Waals surface area contributed by atoms with Crippen molar-refractivity contribution >= 4 is 29.0 Å². The van der Waals surface area contributed by atoms with Crippen molar-refractivity contribution in [3.8, 4) is 11.4 Å². The summed E-state index contributed by atoms with van der Waals surface area (Å²) in [7, 11) is 0. The second-order valence-electron chi connectivity index (χ2n) is 5.09. The Morgan fingerprint density at radius 2 is 1.96 bits per heavy atom. The standard InChI is InChI=1S/C17H14Cl2N4/c18-14-6-2-5-13(15(14)19)17-22-7-8-23(17)10-11-3-1-4-12(9-11)16(20)21/h1-9H,10H2,(H3,20,21). The third-order valence-corrected chi connectivity index (χ3v) is 4.32. The minimum absolute atomic E-state index is 0.0515. The van der Waals surface area contributed by atoms with Gasteiger partial charge in [0.1, 0.15) is 11.7 Å². The van der Waals surface area contributed by atoms with Crippen molar-refractivity contribution in [3.63, 3.8) is 0 Å². The number of benzene rings is 2. The van der Waals surface area contributed by atoms with Gasteiger partial charge in [0.2, 0.25) is 0 Å². The maximum Gasteiger partial charge on any atom is 0.141 e. The van der Waals surface area contributed by atoms with E-state index in [1.165, 1.54) is 0 Å². The first-order valence-electron chi connectivity index (χ1n) is 6.95. The van der Waals surface area contributed by atoms with E-state index < -0.39 is 0 Å². The summed E-state index contributed by atoms with van der Waals surface area (Å²) in [4.78, 5) is 4.40. The number of aromatic nitrogens is 2. The number of hydrogen-bond donors (Lipinski definition) is 2. The summed E-state index contributed by atoms with van der Waals surface area (Å²) >= 11 is 12.4. The number of halogens is 2. The molecule has 0 amide bonds. The molecule has 0 spiro atoms. The molecule has 1 aromatic heterocycles. The zero-order valence-electron chi connectivity index (χ0n) is 12.1. The van der Waals surface area contributed by atoms with Crippen LogP contribution in [0.2, 0.25) is 10.0 Å². The van der Waals surface area contributed by atoms with Gasteiger partial charge in [-0.1, -0.05) is 47.5 Å². The summed E-state index contributed by atoms with van der Waals surface area (Å²) in [5.74, 6) is 0.793. The topological polar surface area (TPSA) is 67.7 Å². The Kier molecular flexibility index (Phi) is 4.37. The average Bonchev–Trinajstić information content (AvgIpc) is 2.98. The molecule has 6 heteroatoms. The molecule has 0 saturated heterocycles. The molecule has 0 aliphatic carbocycles. The Morgan fingerprint density at radius 1 is 1.17 bits per heavy atom. The zero-order valence-corrected chi connectivity index (χ0v) is 13.6. The number of nitrogens with one attached hydrogen (secondary N) is 1. The van der Waals surface area contributed by atoms with Crippen LogP contribution in [-0.2, 0) is 6.54 Å². The minimum Gasteiger partial charge on any atom is -0.384 e. The van der Waals surface area contributed by atoms with Crippen LogP contribution in [0.15, 0.2) is 54.9 Å². The average molecular weight is 345 g/mol. The van der Waals surface area contributed by atoms with Crippen molar-refractivity contribution in [1.29, 1.82) is 5.41 Å². The van der Waals surface area contributed by atoms with E-state index in [1.807, 2.05) is 47.2 Å². The van der Waals surface area contributed by atoms with Crippen LogP contribution < -0.4 is 5.73 Å². The van der Waals surface area contributed by atoms with Gasteiger partial charge in [0.25, 0.3) is 0 Å². The molecule has 116 valence electrons. The van der Waals surface area contributed by atoms with Crippen molar-refractivity contribution in [2.45, 2.75) is 6.54 Å². The number of hydrogen-bond acceptors (Lipinski definition) is 2. The molecule has 0 aliphatic heterocycles. The number of nitrogens with two attached hydrogens (primary N) is 1. The van der Waals surface area contributed by atoms with Gasteiger partial charge in [0.15, 0.2) is 0 Å². The fourth-order valence-electron chi connectivity index (χ4n) is 2.39. The number of imidazole rings is 1. The monoisotopic (exact) mass is 344 g/mol. The summed E-state index contributed by atoms with van der Waals surface area (Å²) in [6, 6.07) is 13.1. The third kappa shape index (κ3) is 3.23. The van der Waals surface area contributed by atoms with Gasteiger partial charge in [-0.3, -0.25) is 5.41 Å². The number of amidine groups is 1. The smallest absolute Gasteiger partial charge is 0.141 e. The molecule has 0 aliphatic rings. The predicted octanol–water partition coefficient (Wildman–Crippen LogP) is 4.19. The molecular weight excluding hydrogens is 331 g/mol. The van der Waals surface area contributed by atoms with Crippen molar-refractivity contribution < 1.29 is 0 Å². The molecule has 2 aromatic carbocycles. The van der Waals surface area contributed by atoms with Crippen LogP contribution in [0.5, 0.6) is 0 Å². The molecule has 23 heavy (non-hydrogen) atoms. The fraction of sp³-hybridized carbons (Fsp3) is 0.0588. The first kappa shape index (κ1) is 15.6. The molecule has 1 heterocycles. The lowest BCUT2D eigenvalue weighted by Crippen LogP contribution is -2.11. The number of nitrogens with zero attached hydrogens (tertiary/aromatic N) is 2. The highest BCUT2D eigenvalue weighted by atomic mass is 35.5. The Labute approximate surface area is 144 Å². The number of rotatable bonds is 4. The first-order chi connectivity index (χ1) is 11.1. The van der Waals surface area contributed by atoms with E-state index in [4.69, 9.17) is 34.3 Å². The lowest BCUT2D eigenvalue weighted by atomic mass is 10.1. The van der Waals surface area contributed by atoms with Crippen LogP contribution in [0.25, 0.3) is 11.4 Å². The normalized spacial score (nSPS) is 10.7. The predicted molar refractivity (Wildman–Crippen MR) is 94.2 cm³/mol. The lowest BCUT2D eigenvalue weighted by molar-refractivity contribution is 0.807. The van der Waals surface area contributed by atoms with Crippen LogP contribution in [0.3, 0.4) is 0 Å². The SMILES string of the molecule is N=C(N)c1cccc(Cn2ccnc2-c2cccc(Cl)c2Cl)c1. The second-order valence-corrected chi connectivity index (χ2v) is 5.88. The minimum atomic E-state index is 0.0515. The van der Waals surface area contributed by atoms with Gasteiger partial charge in [-0.25, -0.2) is 4.98 Å². The quantitative estimate of drug-likeness (QED) is 0.550. The van der Waals surface area contributed by atoms with Crippen LogP contribution in [0, 0.1) is 5.41 Å². The van der Waals surface area contributed by atoms with E-state index in [2.05, 4.69) is 4.98 Å². The first-order valence-corrected chi connectivity index (χ1v) is 7.70. The van der Waals surface area contributed by atoms with Crippen LogP contribution >= 0.6 is 23.2 Å². The highest BCUT2D eigenvalue weighted by molar-refractivity contribution is 6.43. The van der Waals surface area contributed by atoms with Crippen LogP contribution in [-0.4, -0.2) is 15.4 Å². The summed E-state index contributed by atoms with van der Waals surface area (Å²) in [6.45, 7) is 0.597. The maximum atomic E-state index is 7.54. The Balaban J connectivity index is 1.97. The number of nitrogen functional groups attached to an aromatic ring is 1. The zero-order chi connectivity index (χ0) is 16.4. The van der Waals surface area contributed by atoms with E-state index in [1.54, 1.807) is 12.3 Å². The molecule has 0 fully saturated rings. The van der Waals surface area contributed by atoms with Crippen molar-refractivity contribution in [3.05, 3.63) is 76.0 Å². The van der Waals surface area contributed by atoms with Gasteiger partial charge in [-0.2, -0.15) is 0 Å². The van der Waals surface area contributed by atoms with Gasteiger partial charge in [-0.05, 0) is 23.8 Å². The van der Waals surface area contributed by atoms with Crippen molar-refractivity contribution in [2.75, 3.05) is 0 Å². The molecule has 0 atom stereocenters. The molecular formula is C17H14Cl2N4. The lowest BCUT2D eigenvalue weighted by Gasteiger charge is -2.11. The molecule has 0 unspecified atom stereocenters. The van der Waals surface area contributed by atoms with E-state index in [-0.39, 0.29) is 5.84 Å². The Bertz CT molecular complexity index is 871. The molecule has 3 rings (SSSR count). The largest absolute Gasteiger partial charge is 0.384 e. The van der Waals surface area contributed by atoms with Gasteiger partial charge in [0, 0.05) is 30.1 Å². The molecule has 0 saturated carbocycles. The second kappa shape index (κ2) is 6.44. The van der Waals surface area contributed by atoms with Gasteiger partial charge in [0.05, 0.1) is 10.0 Å². The fourth-order valence-corrected chi connectivity index (χ4v) is 2.78. The maximum absolute atomic E-state index is 7.54. The van der Waals surface area contributed by atoms with Crippen molar-refractivity contribution in [1.82, 2.24) is 9.55 Å². The van der Waals surface area contributed by atoms with E-state index in [9.17, 15) is 0 Å². The van der Waals surface area contributed by atoms with Crippen LogP contribution in [0.1, 0.15) is 11.1 Å². The summed E-state index contributed by atoms with van der Waals surface area (Å²) in [6.07, 6.45) is 3.61. The van der Waals surface area contributed by atoms with Gasteiger partial charge >= 0.3 is 0 Å². The van der Waals surface area contributed by atoms with Gasteiger partial charge < -0.3 is 10.3 Å². The highest BCUT2D eigenvalue weighted by Crippen LogP contribution is 2.32. The van der Waals surface area contributed by atoms with Crippen molar-refractivity contribution in [2.24, 2.45) is 5.73 Å². The Morgan fingerprint density at radius 3 is 2.74 bits per heavy atom. The van der Waals surface area contributed by atoms with E-state index >= 15 is 0 Å². The molecule has 3 N–H and O–H groups in total. The van der Waals surface area contributed by atoms with Crippen LogP contribution in [0.4, 0.5) is 0 Å². The molecule has 4 nitrogen and oxygen atoms in total. The van der Waals surface area contributed by atoms with E-state index in [0.717, 1.165) is 17.0 Å². The Hall–Kier alpha value is -2.30. The molecule has 0 radical (unpaired) electrons. The summed E-state index contributed by atoms with van der Waals surface area (Å²) in [5.41, 5.74) is 8.05. The third-order valence-electron chi connectivity index (χ3n) is 3.50. The summed E-state index contributed by atoms with van der Waals surface area (Å²) < 4.78 is 1.98. The van der Waals surface area contributed by atoms with E-state index in [0.29, 0.717) is 22.2 Å². The molecule has 3 aromatic rings. The highest BCUT2D eigenvalue weighted by Gasteiger charge is 2.12. The molecule has 0 bridgehead atoms.